The number of carbonyl (C=O) groups excluding carboxylic acids is 7. The molecule has 1 aromatic heterocycles. The Morgan fingerprint density at radius 1 is 0.923 bits per heavy atom. The van der Waals surface area contributed by atoms with Crippen molar-refractivity contribution >= 4 is 95.9 Å². The van der Waals surface area contributed by atoms with Crippen LogP contribution in [-0.4, -0.2) is 145 Å². The predicted octanol–water partition coefficient (Wildman–Crippen LogP) is 5.51. The maximum absolute atomic E-state index is 14.4. The molecule has 412 valence electrons. The van der Waals surface area contributed by atoms with Gasteiger partial charge in [0.05, 0.1) is 56.1 Å². The van der Waals surface area contributed by atoms with E-state index in [-0.39, 0.29) is 75.9 Å². The summed E-state index contributed by atoms with van der Waals surface area (Å²) < 4.78 is 33.9. The van der Waals surface area contributed by atoms with Gasteiger partial charge in [-0.05, 0) is 68.3 Å². The molecule has 3 aromatic carbocycles. The smallest absolute Gasteiger partial charge is 0.413 e. The summed E-state index contributed by atoms with van der Waals surface area (Å²) in [5.74, 6) is -0.329. The first-order chi connectivity index (χ1) is 37.3. The molecule has 0 radical (unpaired) electrons. The van der Waals surface area contributed by atoms with Crippen molar-refractivity contribution in [3.8, 4) is 23.0 Å². The quantitative estimate of drug-likeness (QED) is 0.0219. The van der Waals surface area contributed by atoms with Crippen molar-refractivity contribution in [3.05, 3.63) is 105 Å². The van der Waals surface area contributed by atoms with Crippen LogP contribution in [0.15, 0.2) is 82.5 Å². The van der Waals surface area contributed by atoms with E-state index < -0.39 is 59.1 Å². The van der Waals surface area contributed by atoms with E-state index in [4.69, 9.17) is 40.1 Å². The largest absolute Gasteiger partial charge is 0.543 e. The molecule has 0 unspecified atom stereocenters. The van der Waals surface area contributed by atoms with Gasteiger partial charge in [0, 0.05) is 48.4 Å². The molecule has 0 aliphatic carbocycles. The molecule has 78 heavy (non-hydrogen) atoms. The summed E-state index contributed by atoms with van der Waals surface area (Å²) in [6.45, 7) is 5.81. The molecule has 21 nitrogen and oxygen atoms in total. The number of carbonyl (C=O) groups is 7. The van der Waals surface area contributed by atoms with Crippen LogP contribution in [0.25, 0.3) is 0 Å². The van der Waals surface area contributed by atoms with Gasteiger partial charge in [-0.2, -0.15) is 0 Å². The summed E-state index contributed by atoms with van der Waals surface area (Å²) in [7, 11) is 6.49. The standard InChI is InChI=1S/C53H59BClN7O14S2/c1-53(2,3)74-52(69)59-51-57-40(28-78-51)43(60-76-37(23-63)21-42(65)75-54)48(67)58-44-49(68)61-41(24-64)31(27-77-50(44)61)22-62(4)33-11-12-34(62)20-32(19-33)56-47(66)38-17-18-39(55)46(73-26-30-9-15-36(71-6)16-10-30)45(38)72-25-29-7-13-35(70-5)14-8-29/h7-10,13-18,23-24,28,32-34,37,44,50H,11-12,19-22,25-27,54H2,1-6H3,(H2-,56,57,58,59,66,67,69)/p+1/b60-43-/t32-,33+,34-,37-,44+,50+,62+/m0/s1. The molecule has 3 fully saturated rings. The molecular weight excluding hydrogens is 1070 g/mol. The summed E-state index contributed by atoms with van der Waals surface area (Å²) in [6, 6.07) is 17.0. The number of quaternary nitrogens is 1. The number of hydrogen-bond acceptors (Lipinski definition) is 18. The predicted molar refractivity (Wildman–Crippen MR) is 291 cm³/mol. The van der Waals surface area contributed by atoms with Gasteiger partial charge in [0.15, 0.2) is 41.0 Å². The monoisotopic (exact) mass is 1130 g/mol. The molecule has 3 saturated heterocycles. The Morgan fingerprint density at radius 2 is 1.55 bits per heavy atom. The molecule has 5 heterocycles. The number of benzene rings is 3. The van der Waals surface area contributed by atoms with Gasteiger partial charge in [-0.25, -0.2) is 9.78 Å². The summed E-state index contributed by atoms with van der Waals surface area (Å²) in [5.41, 5.74) is 1.63. The molecule has 4 aliphatic heterocycles. The number of allylic oxidation sites excluding steroid dienone is 1. The van der Waals surface area contributed by atoms with Gasteiger partial charge in [0.25, 0.3) is 23.7 Å². The maximum Gasteiger partial charge on any atom is 0.413 e. The number of anilines is 1. The van der Waals surface area contributed by atoms with Gasteiger partial charge >= 0.3 is 14.1 Å². The SMILES string of the molecule is BOC(=O)C[C@@H](C=O)O/N=C(\C(=O)N[C@@H]1C(=O)N2C(C=O)=C(C[N@+]3(C)[C@@H]4CC[C@H]3C[C@@H](NC(=O)c3ccc(Cl)c(OCc5ccc(OC)cc5)c3OCc3ccc(OC)cc3)C4)CS[C@H]12)c1csc(NC(=O)OC(C)(C)C)n1. The van der Waals surface area contributed by atoms with Gasteiger partial charge in [0.1, 0.15) is 54.0 Å². The van der Waals surface area contributed by atoms with Crippen LogP contribution in [0.3, 0.4) is 0 Å². The summed E-state index contributed by atoms with van der Waals surface area (Å²) in [4.78, 5) is 103. The fourth-order valence-electron chi connectivity index (χ4n) is 9.99. The fraction of sp³-hybridized carbons (Fsp3) is 0.415. The zero-order valence-corrected chi connectivity index (χ0v) is 46.4. The third kappa shape index (κ3) is 13.1. The lowest BCUT2D eigenvalue weighted by molar-refractivity contribution is -0.944. The molecule has 8 rings (SSSR count). The molecule has 3 N–H and O–H groups in total. The second kappa shape index (κ2) is 24.7. The third-order valence-electron chi connectivity index (χ3n) is 14.0. The number of aldehydes is 2. The molecule has 25 heteroatoms. The Morgan fingerprint density at radius 3 is 2.13 bits per heavy atom. The van der Waals surface area contributed by atoms with Gasteiger partial charge in [-0.3, -0.25) is 39.0 Å². The Kier molecular flexibility index (Phi) is 18.0. The lowest BCUT2D eigenvalue weighted by Crippen LogP contribution is -2.71. The molecular formula is C53H60BClN7O14S2+. The van der Waals surface area contributed by atoms with E-state index in [9.17, 15) is 33.6 Å². The molecule has 2 bridgehead atoms. The number of nitrogens with one attached hydrogen (secondary N) is 3. The highest BCUT2D eigenvalue weighted by atomic mass is 35.5. The number of β-lactam (4-membered cyclic amide) rings is 1. The van der Waals surface area contributed by atoms with Crippen LogP contribution < -0.4 is 34.9 Å². The van der Waals surface area contributed by atoms with Gasteiger partial charge in [-0.15, -0.1) is 23.1 Å². The zero-order chi connectivity index (χ0) is 55.9. The molecule has 4 amide bonds. The minimum atomic E-state index is -1.43. The van der Waals surface area contributed by atoms with Crippen molar-refractivity contribution in [2.75, 3.05) is 38.9 Å². The lowest BCUT2D eigenvalue weighted by atomic mass is 9.92. The van der Waals surface area contributed by atoms with Crippen LogP contribution in [0, 0.1) is 0 Å². The van der Waals surface area contributed by atoms with Crippen LogP contribution >= 0.6 is 34.7 Å². The number of methoxy groups -OCH3 is 2. The Bertz CT molecular complexity index is 2980. The van der Waals surface area contributed by atoms with Crippen LogP contribution in [0.5, 0.6) is 23.0 Å². The highest BCUT2D eigenvalue weighted by molar-refractivity contribution is 8.00. The number of ether oxygens (including phenoxy) is 5. The van der Waals surface area contributed by atoms with E-state index in [1.54, 1.807) is 47.1 Å². The van der Waals surface area contributed by atoms with E-state index in [1.165, 1.54) is 22.0 Å². The molecule has 0 saturated carbocycles. The van der Waals surface area contributed by atoms with Crippen molar-refractivity contribution in [3.63, 3.8) is 0 Å². The number of nitrogens with zero attached hydrogens (tertiary/aromatic N) is 4. The van der Waals surface area contributed by atoms with Crippen LogP contribution in [-0.2, 0) is 51.4 Å². The van der Waals surface area contributed by atoms with Crippen molar-refractivity contribution in [2.45, 2.75) is 107 Å². The minimum absolute atomic E-state index is 0.0445. The van der Waals surface area contributed by atoms with E-state index in [1.807, 2.05) is 48.5 Å². The van der Waals surface area contributed by atoms with E-state index >= 15 is 0 Å². The van der Waals surface area contributed by atoms with Crippen molar-refractivity contribution in [1.29, 1.82) is 0 Å². The van der Waals surface area contributed by atoms with E-state index in [0.717, 1.165) is 48.9 Å². The Labute approximate surface area is 464 Å². The number of thiazole rings is 1. The topological polar surface area (TPSA) is 249 Å². The average Bonchev–Trinajstić information content (AvgIpc) is 4.08. The first-order valence-corrected chi connectivity index (χ1v) is 27.3. The van der Waals surface area contributed by atoms with Crippen LogP contribution in [0.1, 0.15) is 80.1 Å². The number of fused-ring (bicyclic) bond motifs is 3. The van der Waals surface area contributed by atoms with Gasteiger partial charge in [0.2, 0.25) is 0 Å². The summed E-state index contributed by atoms with van der Waals surface area (Å²) >= 11 is 9.12. The molecule has 0 spiro atoms. The van der Waals surface area contributed by atoms with Gasteiger partial charge in [-0.1, -0.05) is 41.0 Å². The van der Waals surface area contributed by atoms with Crippen LogP contribution in [0.4, 0.5) is 9.93 Å². The first kappa shape index (κ1) is 57.0. The van der Waals surface area contributed by atoms with Crippen molar-refractivity contribution in [1.82, 2.24) is 20.5 Å². The normalized spacial score (nSPS) is 21.9. The number of halogens is 1. The van der Waals surface area contributed by atoms with E-state index in [2.05, 4.69) is 37.8 Å². The highest BCUT2D eigenvalue weighted by Gasteiger charge is 2.56. The summed E-state index contributed by atoms with van der Waals surface area (Å²) in [6.07, 6.45) is 1.37. The zero-order valence-electron chi connectivity index (χ0n) is 44.0. The van der Waals surface area contributed by atoms with E-state index in [0.29, 0.717) is 53.7 Å². The second-order valence-corrected chi connectivity index (χ2v) is 22.6. The Balaban J connectivity index is 0.945. The molecule has 4 aliphatic rings. The fourth-order valence-corrected chi connectivity index (χ4v) is 12.2. The minimum Gasteiger partial charge on any atom is -0.543 e. The maximum atomic E-state index is 14.4. The third-order valence-corrected chi connectivity index (χ3v) is 16.4. The number of rotatable bonds is 22. The number of aromatic nitrogens is 1. The van der Waals surface area contributed by atoms with Crippen LogP contribution in [0.2, 0.25) is 5.02 Å². The lowest BCUT2D eigenvalue weighted by Gasteiger charge is -2.52. The molecule has 7 atom stereocenters. The number of piperidine rings is 1. The Hall–Kier alpha value is -7.15. The summed E-state index contributed by atoms with van der Waals surface area (Å²) in [5, 5.41) is 13.4. The number of likely N-dealkylation sites (N-methyl/N-ethyl adjacent to an activating group) is 1. The van der Waals surface area contributed by atoms with Crippen molar-refractivity contribution in [2.24, 2.45) is 5.16 Å². The first-order valence-electron chi connectivity index (χ1n) is 25.0. The van der Waals surface area contributed by atoms with Crippen molar-refractivity contribution < 1.29 is 71.2 Å². The van der Waals surface area contributed by atoms with Gasteiger partial charge < -0.3 is 48.3 Å². The number of hydrogen-bond donors (Lipinski definition) is 3. The highest BCUT2D eigenvalue weighted by Crippen LogP contribution is 2.46. The number of thioether (sulfide) groups is 1. The number of amides is 4. The number of oxime groups is 1. The second-order valence-electron chi connectivity index (χ2n) is 20.2. The average molecular weight is 1130 g/mol. The molecule has 4 aromatic rings.